The van der Waals surface area contributed by atoms with E-state index >= 15 is 0 Å². The molecule has 2 aliphatic rings. The van der Waals surface area contributed by atoms with Crippen molar-refractivity contribution < 1.29 is 9.59 Å². The van der Waals surface area contributed by atoms with Gasteiger partial charge in [0.15, 0.2) is 0 Å². The molecule has 0 unspecified atom stereocenters. The summed E-state index contributed by atoms with van der Waals surface area (Å²) in [6, 6.07) is 0. The lowest BCUT2D eigenvalue weighted by molar-refractivity contribution is -0.145. The maximum absolute atomic E-state index is 12.5. The second kappa shape index (κ2) is 5.93. The molecule has 1 aliphatic heterocycles. The van der Waals surface area contributed by atoms with Gasteiger partial charge in [-0.1, -0.05) is 20.3 Å². The van der Waals surface area contributed by atoms with Crippen LogP contribution < -0.4 is 5.32 Å². The Labute approximate surface area is 115 Å². The molecule has 2 fully saturated rings. The van der Waals surface area contributed by atoms with Gasteiger partial charge in [0.2, 0.25) is 11.8 Å². The van der Waals surface area contributed by atoms with Crippen molar-refractivity contribution >= 4 is 11.8 Å². The fraction of sp³-hybridized carbons (Fsp3) is 0.867. The molecule has 0 aromatic rings. The fourth-order valence-electron chi connectivity index (χ4n) is 2.73. The van der Waals surface area contributed by atoms with Gasteiger partial charge in [0.1, 0.15) is 5.41 Å². The summed E-state index contributed by atoms with van der Waals surface area (Å²) >= 11 is 0. The standard InChI is InChI=1S/C15H26N2O2/c1-3-4-9-16-13(18)15(7-8-15)14(19)17-10-5-12(2)6-11-17/h12H,3-11H2,1-2H3,(H,16,18). The van der Waals surface area contributed by atoms with E-state index in [1.165, 1.54) is 0 Å². The Morgan fingerprint density at radius 1 is 1.26 bits per heavy atom. The van der Waals surface area contributed by atoms with Gasteiger partial charge >= 0.3 is 0 Å². The summed E-state index contributed by atoms with van der Waals surface area (Å²) in [7, 11) is 0. The molecule has 2 amide bonds. The van der Waals surface area contributed by atoms with E-state index in [0.717, 1.165) is 51.6 Å². The van der Waals surface area contributed by atoms with Crippen LogP contribution in [0.3, 0.4) is 0 Å². The summed E-state index contributed by atoms with van der Waals surface area (Å²) in [5.74, 6) is 0.746. The predicted molar refractivity (Wildman–Crippen MR) is 74.6 cm³/mol. The first-order chi connectivity index (χ1) is 9.10. The average Bonchev–Trinajstić information content (AvgIpc) is 3.20. The Balaban J connectivity index is 1.88. The zero-order valence-electron chi connectivity index (χ0n) is 12.2. The lowest BCUT2D eigenvalue weighted by atomic mass is 9.96. The number of rotatable bonds is 5. The van der Waals surface area contributed by atoms with Crippen LogP contribution in [0.2, 0.25) is 0 Å². The average molecular weight is 266 g/mol. The normalized spacial score (nSPS) is 22.1. The number of carbonyl (C=O) groups excluding carboxylic acids is 2. The van der Waals surface area contributed by atoms with Gasteiger partial charge in [0.05, 0.1) is 0 Å². The Morgan fingerprint density at radius 3 is 2.42 bits per heavy atom. The van der Waals surface area contributed by atoms with Crippen LogP contribution in [0.4, 0.5) is 0 Å². The first-order valence-electron chi connectivity index (χ1n) is 7.68. The van der Waals surface area contributed by atoms with Crippen LogP contribution >= 0.6 is 0 Å². The number of hydrogen-bond donors (Lipinski definition) is 1. The highest BCUT2D eigenvalue weighted by Crippen LogP contribution is 2.48. The summed E-state index contributed by atoms with van der Waals surface area (Å²) in [5.41, 5.74) is -0.700. The number of carbonyl (C=O) groups is 2. The van der Waals surface area contributed by atoms with Gasteiger partial charge in [-0.2, -0.15) is 0 Å². The van der Waals surface area contributed by atoms with Gasteiger partial charge in [-0.25, -0.2) is 0 Å². The highest BCUT2D eigenvalue weighted by atomic mass is 16.2. The number of nitrogens with one attached hydrogen (secondary N) is 1. The lowest BCUT2D eigenvalue weighted by Gasteiger charge is -2.32. The highest BCUT2D eigenvalue weighted by molar-refractivity contribution is 6.07. The van der Waals surface area contributed by atoms with Crippen LogP contribution in [-0.4, -0.2) is 36.3 Å². The summed E-state index contributed by atoms with van der Waals surface area (Å²) in [4.78, 5) is 26.6. The van der Waals surface area contributed by atoms with Crippen molar-refractivity contribution in [3.8, 4) is 0 Å². The zero-order valence-corrected chi connectivity index (χ0v) is 12.2. The zero-order chi connectivity index (χ0) is 13.9. The molecule has 0 aromatic heterocycles. The van der Waals surface area contributed by atoms with E-state index < -0.39 is 5.41 Å². The topological polar surface area (TPSA) is 49.4 Å². The largest absolute Gasteiger partial charge is 0.355 e. The van der Waals surface area contributed by atoms with Gasteiger partial charge in [-0.3, -0.25) is 9.59 Å². The molecule has 0 radical (unpaired) electrons. The molecule has 1 aliphatic carbocycles. The number of nitrogens with zero attached hydrogens (tertiary/aromatic N) is 1. The van der Waals surface area contributed by atoms with E-state index in [4.69, 9.17) is 0 Å². The molecule has 4 nitrogen and oxygen atoms in total. The number of likely N-dealkylation sites (tertiary alicyclic amines) is 1. The summed E-state index contributed by atoms with van der Waals surface area (Å²) in [5, 5.41) is 2.93. The number of amides is 2. The third-order valence-electron chi connectivity index (χ3n) is 4.48. The Hall–Kier alpha value is -1.06. The minimum atomic E-state index is -0.700. The summed E-state index contributed by atoms with van der Waals surface area (Å²) < 4.78 is 0. The molecule has 0 aromatic carbocycles. The maximum Gasteiger partial charge on any atom is 0.238 e. The van der Waals surface area contributed by atoms with Gasteiger partial charge in [0, 0.05) is 19.6 Å². The molecule has 0 atom stereocenters. The third-order valence-corrected chi connectivity index (χ3v) is 4.48. The molecule has 4 heteroatoms. The van der Waals surface area contributed by atoms with Crippen LogP contribution in [0.25, 0.3) is 0 Å². The molecule has 1 saturated heterocycles. The van der Waals surface area contributed by atoms with E-state index in [0.29, 0.717) is 12.5 Å². The molecule has 1 saturated carbocycles. The Bertz CT molecular complexity index is 342. The smallest absolute Gasteiger partial charge is 0.238 e. The highest BCUT2D eigenvalue weighted by Gasteiger charge is 2.57. The Kier molecular flexibility index (Phi) is 4.48. The molecule has 108 valence electrons. The van der Waals surface area contributed by atoms with Crippen LogP contribution in [0, 0.1) is 11.3 Å². The van der Waals surface area contributed by atoms with Crippen molar-refractivity contribution in [1.29, 1.82) is 0 Å². The monoisotopic (exact) mass is 266 g/mol. The molecule has 1 heterocycles. The third kappa shape index (κ3) is 3.10. The molecule has 0 bridgehead atoms. The quantitative estimate of drug-likeness (QED) is 0.610. The van der Waals surface area contributed by atoms with E-state index in [-0.39, 0.29) is 11.8 Å². The van der Waals surface area contributed by atoms with Gasteiger partial charge < -0.3 is 10.2 Å². The van der Waals surface area contributed by atoms with Crippen molar-refractivity contribution in [3.05, 3.63) is 0 Å². The van der Waals surface area contributed by atoms with E-state index in [2.05, 4.69) is 19.2 Å². The van der Waals surface area contributed by atoms with Crippen LogP contribution in [0.1, 0.15) is 52.4 Å². The first kappa shape index (κ1) is 14.4. The van der Waals surface area contributed by atoms with Crippen molar-refractivity contribution in [2.45, 2.75) is 52.4 Å². The number of hydrogen-bond acceptors (Lipinski definition) is 2. The van der Waals surface area contributed by atoms with Gasteiger partial charge in [0.25, 0.3) is 0 Å². The summed E-state index contributed by atoms with van der Waals surface area (Å²) in [6.07, 6.45) is 5.65. The summed E-state index contributed by atoms with van der Waals surface area (Å²) in [6.45, 7) is 6.67. The Morgan fingerprint density at radius 2 is 1.89 bits per heavy atom. The van der Waals surface area contributed by atoms with Crippen LogP contribution in [0.5, 0.6) is 0 Å². The molecule has 1 N–H and O–H groups in total. The molecule has 2 rings (SSSR count). The maximum atomic E-state index is 12.5. The van der Waals surface area contributed by atoms with E-state index in [1.54, 1.807) is 0 Å². The second-order valence-electron chi connectivity index (χ2n) is 6.17. The van der Waals surface area contributed by atoms with Crippen molar-refractivity contribution in [1.82, 2.24) is 10.2 Å². The SMILES string of the molecule is CCCCNC(=O)C1(C(=O)N2CCC(C)CC2)CC1. The molecule has 0 spiro atoms. The number of piperidine rings is 1. The fourth-order valence-corrected chi connectivity index (χ4v) is 2.73. The second-order valence-corrected chi connectivity index (χ2v) is 6.17. The van der Waals surface area contributed by atoms with Gasteiger partial charge in [-0.15, -0.1) is 0 Å². The van der Waals surface area contributed by atoms with E-state index in [1.807, 2.05) is 4.90 Å². The first-order valence-corrected chi connectivity index (χ1v) is 7.68. The molecule has 19 heavy (non-hydrogen) atoms. The number of unbranched alkanes of at least 4 members (excludes halogenated alkanes) is 1. The van der Waals surface area contributed by atoms with Gasteiger partial charge in [-0.05, 0) is 38.0 Å². The molecular weight excluding hydrogens is 240 g/mol. The van der Waals surface area contributed by atoms with Crippen molar-refractivity contribution in [2.24, 2.45) is 11.3 Å². The minimum Gasteiger partial charge on any atom is -0.355 e. The minimum absolute atomic E-state index is 0.0374. The van der Waals surface area contributed by atoms with Crippen LogP contribution in [0.15, 0.2) is 0 Å². The predicted octanol–water partition coefficient (Wildman–Crippen LogP) is 1.94. The van der Waals surface area contributed by atoms with Crippen molar-refractivity contribution in [3.63, 3.8) is 0 Å². The van der Waals surface area contributed by atoms with Crippen molar-refractivity contribution in [2.75, 3.05) is 19.6 Å². The molecular formula is C15H26N2O2. The van der Waals surface area contributed by atoms with E-state index in [9.17, 15) is 9.59 Å². The van der Waals surface area contributed by atoms with Crippen LogP contribution in [-0.2, 0) is 9.59 Å². The lowest BCUT2D eigenvalue weighted by Crippen LogP contribution is -2.47.